The third-order valence-corrected chi connectivity index (χ3v) is 6.85. The third-order valence-electron chi connectivity index (χ3n) is 6.85. The molecule has 5 heteroatoms. The zero-order valence-corrected chi connectivity index (χ0v) is 21.4. The molecule has 1 aromatic heterocycles. The van der Waals surface area contributed by atoms with Crippen LogP contribution in [0.25, 0.3) is 22.2 Å². The molecule has 4 rings (SSSR count). The predicted octanol–water partition coefficient (Wildman–Crippen LogP) is 6.67. The van der Waals surface area contributed by atoms with Gasteiger partial charge in [-0.3, -0.25) is 4.79 Å². The second kappa shape index (κ2) is 11.3. The fraction of sp³-hybridized carbons (Fsp3) is 0.323. The molecule has 1 heterocycles. The molecular formula is C31H34N2O3. The molecular weight excluding hydrogens is 448 g/mol. The van der Waals surface area contributed by atoms with Crippen LogP contribution >= 0.6 is 0 Å². The van der Waals surface area contributed by atoms with E-state index in [2.05, 4.69) is 23.6 Å². The van der Waals surface area contributed by atoms with Crippen LogP contribution in [0.15, 0.2) is 65.5 Å². The van der Waals surface area contributed by atoms with E-state index in [9.17, 15) is 14.7 Å². The van der Waals surface area contributed by atoms with Crippen LogP contribution in [0.2, 0.25) is 0 Å². The van der Waals surface area contributed by atoms with Gasteiger partial charge in [-0.15, -0.1) is 0 Å². The molecule has 0 bridgehead atoms. The molecule has 0 amide bonds. The fourth-order valence-corrected chi connectivity index (χ4v) is 4.78. The van der Waals surface area contributed by atoms with Gasteiger partial charge in [-0.1, -0.05) is 76.1 Å². The second-order valence-corrected chi connectivity index (χ2v) is 9.26. The van der Waals surface area contributed by atoms with Crippen LogP contribution < -0.4 is 5.43 Å². The molecule has 4 aromatic rings. The Morgan fingerprint density at radius 2 is 1.61 bits per heavy atom. The molecule has 186 valence electrons. The Hall–Kier alpha value is -3.73. The molecule has 0 aliphatic heterocycles. The number of aromatic nitrogens is 2. The van der Waals surface area contributed by atoms with E-state index in [1.807, 2.05) is 50.2 Å². The van der Waals surface area contributed by atoms with Gasteiger partial charge in [0.15, 0.2) is 5.43 Å². The zero-order valence-electron chi connectivity index (χ0n) is 21.4. The Labute approximate surface area is 212 Å². The van der Waals surface area contributed by atoms with Crippen molar-refractivity contribution in [3.8, 4) is 11.1 Å². The largest absolute Gasteiger partial charge is 0.478 e. The summed E-state index contributed by atoms with van der Waals surface area (Å²) in [5.41, 5.74) is 6.61. The number of hydrogen-bond acceptors (Lipinski definition) is 3. The van der Waals surface area contributed by atoms with Crippen molar-refractivity contribution in [2.45, 2.75) is 65.8 Å². The first kappa shape index (κ1) is 25.4. The standard InChI is InChI=1S/C31H34N2O3/c1-4-7-8-13-29-32-27-18-22(5-2)30(34)23(6-3)19-28(27)33(29)20-21-14-16-24(17-15-21)25-11-9-10-12-26(25)31(35)36/h9-12,14-19H,4-8,13,20H2,1-3H3,(H,35,36). The molecule has 0 aliphatic carbocycles. The van der Waals surface area contributed by atoms with Gasteiger partial charge in [-0.2, -0.15) is 0 Å². The minimum Gasteiger partial charge on any atom is -0.478 e. The Balaban J connectivity index is 1.77. The summed E-state index contributed by atoms with van der Waals surface area (Å²) in [6.07, 6.45) is 5.64. The second-order valence-electron chi connectivity index (χ2n) is 9.26. The van der Waals surface area contributed by atoms with Gasteiger partial charge < -0.3 is 9.67 Å². The first-order valence-corrected chi connectivity index (χ1v) is 12.9. The van der Waals surface area contributed by atoms with Crippen molar-refractivity contribution in [1.82, 2.24) is 9.55 Å². The van der Waals surface area contributed by atoms with Crippen molar-refractivity contribution in [1.29, 1.82) is 0 Å². The van der Waals surface area contributed by atoms with Gasteiger partial charge in [0, 0.05) is 24.1 Å². The minimum absolute atomic E-state index is 0.124. The number of aromatic carboxylic acids is 1. The Morgan fingerprint density at radius 3 is 2.28 bits per heavy atom. The highest BCUT2D eigenvalue weighted by molar-refractivity contribution is 5.96. The number of nitrogens with zero attached hydrogens (tertiary/aromatic N) is 2. The summed E-state index contributed by atoms with van der Waals surface area (Å²) in [6, 6.07) is 19.1. The highest BCUT2D eigenvalue weighted by atomic mass is 16.4. The van der Waals surface area contributed by atoms with Crippen LogP contribution in [0.3, 0.4) is 0 Å². The first-order chi connectivity index (χ1) is 17.5. The van der Waals surface area contributed by atoms with Crippen LogP contribution in [0.5, 0.6) is 0 Å². The maximum absolute atomic E-state index is 13.0. The molecule has 0 aliphatic rings. The minimum atomic E-state index is -0.930. The van der Waals surface area contributed by atoms with E-state index in [1.54, 1.807) is 12.1 Å². The van der Waals surface area contributed by atoms with Crippen molar-refractivity contribution in [3.63, 3.8) is 0 Å². The van der Waals surface area contributed by atoms with E-state index < -0.39 is 5.97 Å². The average molecular weight is 483 g/mol. The molecule has 0 saturated heterocycles. The molecule has 3 aromatic carbocycles. The van der Waals surface area contributed by atoms with Crippen LogP contribution in [0.1, 0.15) is 72.9 Å². The number of aryl methyl sites for hydroxylation is 3. The molecule has 0 unspecified atom stereocenters. The molecule has 0 spiro atoms. The fourth-order valence-electron chi connectivity index (χ4n) is 4.78. The topological polar surface area (TPSA) is 72.2 Å². The highest BCUT2D eigenvalue weighted by Gasteiger charge is 2.15. The van der Waals surface area contributed by atoms with Crippen LogP contribution in [0, 0.1) is 0 Å². The molecule has 36 heavy (non-hydrogen) atoms. The lowest BCUT2D eigenvalue weighted by molar-refractivity contribution is 0.0697. The van der Waals surface area contributed by atoms with E-state index in [0.29, 0.717) is 30.5 Å². The van der Waals surface area contributed by atoms with E-state index >= 15 is 0 Å². The van der Waals surface area contributed by atoms with Crippen LogP contribution in [-0.2, 0) is 25.8 Å². The monoisotopic (exact) mass is 482 g/mol. The number of carboxylic acids is 1. The lowest BCUT2D eigenvalue weighted by Crippen LogP contribution is -2.10. The van der Waals surface area contributed by atoms with Crippen LogP contribution in [0.4, 0.5) is 0 Å². The number of rotatable bonds is 10. The maximum Gasteiger partial charge on any atom is 0.336 e. The summed E-state index contributed by atoms with van der Waals surface area (Å²) in [5, 5.41) is 9.56. The van der Waals surface area contributed by atoms with Gasteiger partial charge in [-0.05, 0) is 54.2 Å². The van der Waals surface area contributed by atoms with Gasteiger partial charge in [-0.25, -0.2) is 9.78 Å². The van der Waals surface area contributed by atoms with Gasteiger partial charge in [0.2, 0.25) is 0 Å². The molecule has 0 saturated carbocycles. The number of benzene rings is 2. The Kier molecular flexibility index (Phi) is 7.99. The molecule has 0 radical (unpaired) electrons. The van der Waals surface area contributed by atoms with Gasteiger partial charge in [0.05, 0.1) is 16.6 Å². The summed E-state index contributed by atoms with van der Waals surface area (Å²) in [7, 11) is 0. The van der Waals surface area contributed by atoms with E-state index in [1.165, 1.54) is 0 Å². The first-order valence-electron chi connectivity index (χ1n) is 12.9. The average Bonchev–Trinajstić information content (AvgIpc) is 3.13. The highest BCUT2D eigenvalue weighted by Crippen LogP contribution is 2.26. The number of unbranched alkanes of at least 4 members (excludes halogenated alkanes) is 2. The zero-order chi connectivity index (χ0) is 25.7. The molecule has 0 atom stereocenters. The SMILES string of the molecule is CCCCCc1nc2cc(CC)c(=O)c(CC)cc2n1Cc1ccc(-c2ccccc2C(=O)O)cc1. The number of carbonyl (C=O) groups is 1. The van der Waals surface area contributed by atoms with Gasteiger partial charge in [0.25, 0.3) is 0 Å². The Morgan fingerprint density at radius 1 is 0.917 bits per heavy atom. The molecule has 5 nitrogen and oxygen atoms in total. The number of imidazole rings is 1. The maximum atomic E-state index is 13.0. The summed E-state index contributed by atoms with van der Waals surface area (Å²) < 4.78 is 2.25. The lowest BCUT2D eigenvalue weighted by atomic mass is 9.99. The summed E-state index contributed by atoms with van der Waals surface area (Å²) in [4.78, 5) is 29.6. The summed E-state index contributed by atoms with van der Waals surface area (Å²) >= 11 is 0. The van der Waals surface area contributed by atoms with Crippen LogP contribution in [-0.4, -0.2) is 20.6 Å². The third kappa shape index (κ3) is 5.25. The van der Waals surface area contributed by atoms with Crippen molar-refractivity contribution >= 4 is 17.0 Å². The van der Waals surface area contributed by atoms with E-state index in [-0.39, 0.29) is 5.43 Å². The van der Waals surface area contributed by atoms with Crippen molar-refractivity contribution in [2.75, 3.05) is 0 Å². The number of hydrogen-bond donors (Lipinski definition) is 1. The predicted molar refractivity (Wildman–Crippen MR) is 146 cm³/mol. The number of fused-ring (bicyclic) bond motifs is 1. The van der Waals surface area contributed by atoms with Crippen molar-refractivity contribution in [3.05, 3.63) is 99.0 Å². The Bertz CT molecular complexity index is 1440. The summed E-state index contributed by atoms with van der Waals surface area (Å²) in [5.74, 6) is 0.113. The van der Waals surface area contributed by atoms with Crippen molar-refractivity contribution in [2.24, 2.45) is 0 Å². The smallest absolute Gasteiger partial charge is 0.336 e. The lowest BCUT2D eigenvalue weighted by Gasteiger charge is -2.11. The molecule has 1 N–H and O–H groups in total. The normalized spacial score (nSPS) is 11.2. The molecule has 0 fully saturated rings. The summed E-state index contributed by atoms with van der Waals surface area (Å²) in [6.45, 7) is 6.88. The van der Waals surface area contributed by atoms with Crippen molar-refractivity contribution < 1.29 is 9.90 Å². The quantitative estimate of drug-likeness (QED) is 0.256. The van der Waals surface area contributed by atoms with E-state index in [0.717, 1.165) is 64.8 Å². The van der Waals surface area contributed by atoms with Gasteiger partial charge >= 0.3 is 5.97 Å². The number of carboxylic acid groups (broad SMARTS) is 1. The van der Waals surface area contributed by atoms with E-state index in [4.69, 9.17) is 4.98 Å². The van der Waals surface area contributed by atoms with Gasteiger partial charge in [0.1, 0.15) is 5.82 Å².